The Bertz CT molecular complexity index is 1140. The third-order valence-electron chi connectivity index (χ3n) is 6.01. The first kappa shape index (κ1) is 22.1. The molecule has 0 spiro atoms. The Labute approximate surface area is 187 Å². The molecule has 0 saturated carbocycles. The molecule has 3 aromatic heterocycles. The first-order valence-electron chi connectivity index (χ1n) is 10.5. The highest BCUT2D eigenvalue weighted by Gasteiger charge is 2.25. The maximum Gasteiger partial charge on any atom is 0.208 e. The van der Waals surface area contributed by atoms with Crippen LogP contribution in [0.15, 0.2) is 39.6 Å². The van der Waals surface area contributed by atoms with E-state index in [1.165, 1.54) is 11.3 Å². The predicted molar refractivity (Wildman–Crippen MR) is 125 cm³/mol. The average Bonchev–Trinajstić information content (AvgIpc) is 3.46. The zero-order chi connectivity index (χ0) is 20.7. The zero-order valence-electron chi connectivity index (χ0n) is 17.5. The molecule has 2 unspecified atom stereocenters. The van der Waals surface area contributed by atoms with Gasteiger partial charge in [-0.15, -0.1) is 11.3 Å². The summed E-state index contributed by atoms with van der Waals surface area (Å²) in [4.78, 5) is 25.2. The summed E-state index contributed by atoms with van der Waals surface area (Å²) in [6, 6.07) is 4.19. The molecule has 166 valence electrons. The minimum Gasteiger partial charge on any atom is -0.412 e. The van der Waals surface area contributed by atoms with Crippen LogP contribution in [0.3, 0.4) is 0 Å². The fraction of sp³-hybridized carbons (Fsp3) is 0.476. The molecular weight excluding hydrogens is 434 g/mol. The van der Waals surface area contributed by atoms with Crippen LogP contribution >= 0.6 is 11.3 Å². The van der Waals surface area contributed by atoms with Crippen LogP contribution in [0.5, 0.6) is 0 Å². The van der Waals surface area contributed by atoms with E-state index in [0.717, 1.165) is 62.7 Å². The van der Waals surface area contributed by atoms with Crippen molar-refractivity contribution in [1.82, 2.24) is 18.8 Å². The van der Waals surface area contributed by atoms with Crippen LogP contribution in [0.2, 0.25) is 0 Å². The molecule has 0 bridgehead atoms. The topological polar surface area (TPSA) is 103 Å². The Morgan fingerprint density at radius 3 is 2.61 bits per heavy atom. The number of nitrogens with zero attached hydrogens (tertiary/aromatic N) is 5. The van der Waals surface area contributed by atoms with E-state index in [-0.39, 0.29) is 10.9 Å². The van der Waals surface area contributed by atoms with Crippen molar-refractivity contribution >= 4 is 39.2 Å². The van der Waals surface area contributed by atoms with Crippen LogP contribution in [-0.4, -0.2) is 54.2 Å². The van der Waals surface area contributed by atoms with Crippen molar-refractivity contribution in [3.63, 3.8) is 0 Å². The van der Waals surface area contributed by atoms with E-state index in [1.54, 1.807) is 12.4 Å². The molecule has 2 N–H and O–H groups in total. The van der Waals surface area contributed by atoms with Gasteiger partial charge in [0.05, 0.1) is 5.39 Å². The van der Waals surface area contributed by atoms with Crippen molar-refractivity contribution in [2.45, 2.75) is 50.0 Å². The molecule has 3 aromatic rings. The van der Waals surface area contributed by atoms with E-state index in [4.69, 9.17) is 4.98 Å². The highest BCUT2D eigenvalue weighted by molar-refractivity contribution is 7.82. The number of pyridine rings is 2. The summed E-state index contributed by atoms with van der Waals surface area (Å²) in [5.74, 6) is 0.877. The van der Waals surface area contributed by atoms with E-state index >= 15 is 0 Å². The van der Waals surface area contributed by atoms with Crippen molar-refractivity contribution < 1.29 is 9.69 Å². The Morgan fingerprint density at radius 1 is 1.13 bits per heavy atom. The molecule has 2 atom stereocenters. The second kappa shape index (κ2) is 9.15. The molecule has 0 radical (unpaired) electrons. The van der Waals surface area contributed by atoms with Gasteiger partial charge in [0.1, 0.15) is 21.7 Å². The van der Waals surface area contributed by atoms with Gasteiger partial charge in [-0.2, -0.15) is 0 Å². The molecule has 2 aliphatic rings. The Kier molecular flexibility index (Phi) is 6.52. The number of hydrogen-bond acceptors (Lipinski definition) is 6. The number of fused-ring (bicyclic) bond motifs is 1. The van der Waals surface area contributed by atoms with Gasteiger partial charge in [-0.05, 0) is 44.7 Å². The molecule has 5 rings (SSSR count). The number of piperidine rings is 1. The first-order chi connectivity index (χ1) is 14.6. The van der Waals surface area contributed by atoms with Crippen LogP contribution in [0.25, 0.3) is 16.2 Å². The second-order valence-corrected chi connectivity index (χ2v) is 10.3. The van der Waals surface area contributed by atoms with Gasteiger partial charge in [0, 0.05) is 43.4 Å². The van der Waals surface area contributed by atoms with Gasteiger partial charge in [-0.25, -0.2) is 18.5 Å². The Balaban J connectivity index is 0.00000231. The van der Waals surface area contributed by atoms with Crippen LogP contribution in [0.4, 0.5) is 5.82 Å². The van der Waals surface area contributed by atoms with E-state index < -0.39 is 11.0 Å². The minimum absolute atomic E-state index is 0. The molecule has 2 fully saturated rings. The fourth-order valence-corrected chi connectivity index (χ4v) is 6.33. The summed E-state index contributed by atoms with van der Waals surface area (Å²) in [6.45, 7) is 4.69. The van der Waals surface area contributed by atoms with Crippen molar-refractivity contribution in [1.29, 1.82) is 0 Å². The molecule has 2 aliphatic heterocycles. The van der Waals surface area contributed by atoms with Gasteiger partial charge in [-0.1, -0.05) is 6.42 Å². The second-order valence-electron chi connectivity index (χ2n) is 7.97. The Hall–Kier alpha value is -2.14. The van der Waals surface area contributed by atoms with Crippen molar-refractivity contribution in [3.05, 3.63) is 40.1 Å². The largest absolute Gasteiger partial charge is 0.412 e. The highest BCUT2D eigenvalue weighted by Crippen LogP contribution is 2.27. The van der Waals surface area contributed by atoms with Crippen molar-refractivity contribution in [2.24, 2.45) is 0 Å². The summed E-state index contributed by atoms with van der Waals surface area (Å²) in [5.41, 5.74) is 0.376. The summed E-state index contributed by atoms with van der Waals surface area (Å²) >= 11 is 1.48. The predicted octanol–water partition coefficient (Wildman–Crippen LogP) is 2.51. The third-order valence-corrected chi connectivity index (χ3v) is 8.29. The van der Waals surface area contributed by atoms with Crippen LogP contribution < -0.4 is 10.3 Å². The zero-order valence-corrected chi connectivity index (χ0v) is 19.1. The van der Waals surface area contributed by atoms with E-state index in [0.29, 0.717) is 22.0 Å². The normalized spacial score (nSPS) is 20.7. The highest BCUT2D eigenvalue weighted by atomic mass is 32.2. The number of aromatic nitrogens is 3. The fourth-order valence-electron chi connectivity index (χ4n) is 4.38. The molecule has 10 heteroatoms. The summed E-state index contributed by atoms with van der Waals surface area (Å²) in [7, 11) is -1.48. The van der Waals surface area contributed by atoms with Crippen molar-refractivity contribution in [3.8, 4) is 5.13 Å². The SMILES string of the molecule is CC1CCCN1c1ccc2c(=O)c(S(=O)N3CCCCC3)cn(-c3nccs3)c2n1.O. The standard InChI is InChI=1S/C21H25N5O2S2.H2O/c1-15-6-5-12-25(15)18-8-7-16-19(27)17(30(28)24-10-3-2-4-11-24)14-26(20(16)23-18)21-22-9-13-29-21;/h7-9,13-15H,2-6,10-12H2,1H3;1H2. The number of anilines is 1. The van der Waals surface area contributed by atoms with E-state index in [9.17, 15) is 9.00 Å². The van der Waals surface area contributed by atoms with E-state index in [2.05, 4.69) is 16.8 Å². The number of rotatable bonds is 4. The van der Waals surface area contributed by atoms with Crippen LogP contribution in [0, 0.1) is 0 Å². The van der Waals surface area contributed by atoms with Gasteiger partial charge >= 0.3 is 0 Å². The summed E-state index contributed by atoms with van der Waals surface area (Å²) in [5, 5.41) is 3.10. The Morgan fingerprint density at radius 2 is 1.94 bits per heavy atom. The lowest BCUT2D eigenvalue weighted by molar-refractivity contribution is 0.365. The lowest BCUT2D eigenvalue weighted by atomic mass is 10.2. The van der Waals surface area contributed by atoms with Crippen LogP contribution in [0.1, 0.15) is 39.0 Å². The van der Waals surface area contributed by atoms with Gasteiger partial charge in [0.2, 0.25) is 5.43 Å². The third kappa shape index (κ3) is 4.05. The quantitative estimate of drug-likeness (QED) is 0.594. The molecule has 31 heavy (non-hydrogen) atoms. The molecule has 2 saturated heterocycles. The van der Waals surface area contributed by atoms with Gasteiger partial charge in [0.25, 0.3) is 0 Å². The molecular formula is C21H27N5O3S2. The van der Waals surface area contributed by atoms with Gasteiger partial charge in [-0.3, -0.25) is 9.36 Å². The smallest absolute Gasteiger partial charge is 0.208 e. The molecule has 0 aromatic carbocycles. The molecule has 5 heterocycles. The minimum atomic E-state index is -1.48. The van der Waals surface area contributed by atoms with Crippen LogP contribution in [-0.2, 0) is 11.0 Å². The molecule has 0 aliphatic carbocycles. The first-order valence-corrected chi connectivity index (χ1v) is 12.5. The summed E-state index contributed by atoms with van der Waals surface area (Å²) < 4.78 is 17.0. The lowest BCUT2D eigenvalue weighted by Crippen LogP contribution is -2.34. The maximum atomic E-state index is 13.3. The average molecular weight is 462 g/mol. The molecule has 0 amide bonds. The van der Waals surface area contributed by atoms with Crippen molar-refractivity contribution in [2.75, 3.05) is 24.5 Å². The molecule has 8 nitrogen and oxygen atoms in total. The number of thiazole rings is 1. The van der Waals surface area contributed by atoms with Gasteiger partial charge < -0.3 is 10.4 Å². The summed E-state index contributed by atoms with van der Waals surface area (Å²) in [6.07, 6.45) is 8.89. The maximum absolute atomic E-state index is 13.3. The lowest BCUT2D eigenvalue weighted by Gasteiger charge is -2.25. The van der Waals surface area contributed by atoms with Gasteiger partial charge in [0.15, 0.2) is 10.8 Å². The monoisotopic (exact) mass is 461 g/mol. The van der Waals surface area contributed by atoms with E-state index in [1.807, 2.05) is 26.4 Å². The number of hydrogen-bond donors (Lipinski definition) is 0.